The average Bonchev–Trinajstić information content (AvgIpc) is 3.46. The van der Waals surface area contributed by atoms with Crippen molar-refractivity contribution in [3.8, 4) is 22.4 Å². The van der Waals surface area contributed by atoms with E-state index in [1.165, 1.54) is 43.1 Å². The molecular weight excluding hydrogens is 799 g/mol. The normalized spacial score (nSPS) is 12.0. The standard InChI is InChI=1S/C31H30NS.C13H24O2.Ir/c1-20(2)14-26-16-24-11-10-21(19-30(24)33-26)22-12-13-32-29(18-22)25-15-23-8-6-7-9-27(23)28(17-25)31(3,4)5;1-5-10(6-2)12(14)9-13(15)11(7-3)8-4;/h6-13,16-20H,14H2,1-5H3;9-11,14H,5-8H2,1-4H3;/q-1;;/b;12-9-;. The number of aliphatic hydroxyl groups excluding tert-OH is 1. The van der Waals surface area contributed by atoms with Crippen molar-refractivity contribution in [1.29, 1.82) is 0 Å². The first kappa shape index (κ1) is 40.3. The Kier molecular flexibility index (Phi) is 15.0. The second-order valence-electron chi connectivity index (χ2n) is 14.4. The number of allylic oxidation sites excluding steroid dienone is 2. The zero-order chi connectivity index (χ0) is 35.0. The molecule has 1 radical (unpaired) electrons. The fourth-order valence-corrected chi connectivity index (χ4v) is 7.61. The van der Waals surface area contributed by atoms with Crippen LogP contribution in [0.4, 0.5) is 0 Å². The van der Waals surface area contributed by atoms with Gasteiger partial charge in [-0.2, -0.15) is 0 Å². The smallest absolute Gasteiger partial charge is 0.162 e. The Labute approximate surface area is 312 Å². The van der Waals surface area contributed by atoms with Crippen molar-refractivity contribution >= 4 is 38.0 Å². The van der Waals surface area contributed by atoms with Gasteiger partial charge in [0.05, 0.1) is 5.76 Å². The van der Waals surface area contributed by atoms with Crippen LogP contribution in [-0.2, 0) is 36.7 Å². The van der Waals surface area contributed by atoms with Crippen LogP contribution >= 0.6 is 11.3 Å². The molecule has 0 unspecified atom stereocenters. The predicted octanol–water partition coefficient (Wildman–Crippen LogP) is 12.9. The number of ketones is 1. The van der Waals surface area contributed by atoms with Gasteiger partial charge in [0, 0.05) is 59.5 Å². The molecule has 5 rings (SSSR count). The van der Waals surface area contributed by atoms with Crippen LogP contribution in [0.1, 0.15) is 98.4 Å². The molecule has 0 atom stereocenters. The molecule has 0 spiro atoms. The van der Waals surface area contributed by atoms with Gasteiger partial charge in [-0.3, -0.25) is 9.78 Å². The van der Waals surface area contributed by atoms with Gasteiger partial charge in [0.15, 0.2) is 5.78 Å². The van der Waals surface area contributed by atoms with E-state index in [0.29, 0.717) is 5.92 Å². The summed E-state index contributed by atoms with van der Waals surface area (Å²) in [4.78, 5) is 17.9. The Morgan fingerprint density at radius 2 is 1.53 bits per heavy atom. The van der Waals surface area contributed by atoms with Crippen LogP contribution < -0.4 is 0 Å². The summed E-state index contributed by atoms with van der Waals surface area (Å²) in [6.07, 6.45) is 7.97. The molecule has 0 aliphatic heterocycles. The maximum atomic E-state index is 11.7. The number of aromatic nitrogens is 1. The van der Waals surface area contributed by atoms with Gasteiger partial charge in [-0.05, 0) is 78.1 Å². The minimum atomic E-state index is 0. The van der Waals surface area contributed by atoms with Gasteiger partial charge in [-0.25, -0.2) is 0 Å². The van der Waals surface area contributed by atoms with Crippen LogP contribution in [0.2, 0.25) is 0 Å². The molecule has 2 heterocycles. The third-order valence-electron chi connectivity index (χ3n) is 9.22. The second-order valence-corrected chi connectivity index (χ2v) is 15.6. The summed E-state index contributed by atoms with van der Waals surface area (Å²) in [6, 6.07) is 27.9. The third kappa shape index (κ3) is 10.5. The van der Waals surface area contributed by atoms with Crippen LogP contribution in [-0.4, -0.2) is 15.9 Å². The SMILES string of the molecule is CC(C)Cc1cc2ccc(-c3ccnc(-c4[c-]c5ccccc5c(C(C)(C)C)c4)c3)cc2s1.CCC(CC)C(=O)/C=C(\O)C(CC)CC.[Ir]. The molecule has 3 aromatic carbocycles. The van der Waals surface area contributed by atoms with Gasteiger partial charge >= 0.3 is 0 Å². The number of fused-ring (bicyclic) bond motifs is 2. The molecular formula is C44H54IrNO2S-. The second kappa shape index (κ2) is 18.2. The third-order valence-corrected chi connectivity index (χ3v) is 10.3. The number of aliphatic hydroxyl groups is 1. The van der Waals surface area contributed by atoms with E-state index in [2.05, 4.69) is 107 Å². The van der Waals surface area contributed by atoms with Crippen molar-refractivity contribution in [3.05, 3.63) is 101 Å². The van der Waals surface area contributed by atoms with Crippen LogP contribution in [0.3, 0.4) is 0 Å². The minimum absolute atomic E-state index is 0. The van der Waals surface area contributed by atoms with Gasteiger partial charge < -0.3 is 5.11 Å². The Morgan fingerprint density at radius 1 is 0.878 bits per heavy atom. The van der Waals surface area contributed by atoms with E-state index in [9.17, 15) is 9.90 Å². The number of hydrogen-bond acceptors (Lipinski definition) is 4. The topological polar surface area (TPSA) is 50.2 Å². The van der Waals surface area contributed by atoms with Gasteiger partial charge in [0.25, 0.3) is 0 Å². The monoisotopic (exact) mass is 853 g/mol. The fourth-order valence-electron chi connectivity index (χ4n) is 6.29. The first-order valence-corrected chi connectivity index (χ1v) is 18.6. The number of nitrogens with zero attached hydrogens (tertiary/aromatic N) is 1. The molecule has 0 saturated heterocycles. The number of carbonyl (C=O) groups is 1. The molecule has 0 fully saturated rings. The van der Waals surface area contributed by atoms with Gasteiger partial charge in [-0.1, -0.05) is 110 Å². The fraction of sp³-hybridized carbons (Fsp3) is 0.409. The first-order chi connectivity index (χ1) is 22.9. The van der Waals surface area contributed by atoms with Crippen LogP contribution in [0.5, 0.6) is 0 Å². The van der Waals surface area contributed by atoms with Gasteiger partial charge in [0.2, 0.25) is 0 Å². The summed E-state index contributed by atoms with van der Waals surface area (Å²) in [5.41, 5.74) is 5.82. The van der Waals surface area contributed by atoms with Crippen molar-refractivity contribution in [2.45, 2.75) is 99.8 Å². The number of hydrogen-bond donors (Lipinski definition) is 1. The Morgan fingerprint density at radius 3 is 2.16 bits per heavy atom. The zero-order valence-corrected chi connectivity index (χ0v) is 34.0. The molecule has 5 aromatic rings. The first-order valence-electron chi connectivity index (χ1n) is 17.8. The van der Waals surface area contributed by atoms with E-state index in [1.807, 2.05) is 45.2 Å². The predicted molar refractivity (Wildman–Crippen MR) is 208 cm³/mol. The number of benzene rings is 3. The number of thiophene rings is 1. The molecule has 0 bridgehead atoms. The molecule has 5 heteroatoms. The average molecular weight is 853 g/mol. The Hall–Kier alpha value is -3.11. The van der Waals surface area contributed by atoms with E-state index in [4.69, 9.17) is 4.98 Å². The molecule has 2 aromatic heterocycles. The minimum Gasteiger partial charge on any atom is -0.512 e. The maximum absolute atomic E-state index is 11.7. The number of carbonyl (C=O) groups excluding carboxylic acids is 1. The van der Waals surface area contributed by atoms with Gasteiger partial charge in [-0.15, -0.1) is 40.5 Å². The molecule has 0 aliphatic carbocycles. The zero-order valence-electron chi connectivity index (χ0n) is 30.8. The van der Waals surface area contributed by atoms with Crippen LogP contribution in [0, 0.1) is 23.8 Å². The summed E-state index contributed by atoms with van der Waals surface area (Å²) in [7, 11) is 0. The van der Waals surface area contributed by atoms with Crippen LogP contribution in [0.15, 0.2) is 84.8 Å². The van der Waals surface area contributed by atoms with Crippen LogP contribution in [0.25, 0.3) is 43.2 Å². The van der Waals surface area contributed by atoms with Gasteiger partial charge in [0.1, 0.15) is 0 Å². The summed E-state index contributed by atoms with van der Waals surface area (Å²) in [6.45, 7) is 19.4. The summed E-state index contributed by atoms with van der Waals surface area (Å²) in [5, 5.41) is 13.5. The van der Waals surface area contributed by atoms with E-state index in [-0.39, 0.29) is 48.9 Å². The Bertz CT molecular complexity index is 1850. The van der Waals surface area contributed by atoms with E-state index < -0.39 is 0 Å². The van der Waals surface area contributed by atoms with Crippen molar-refractivity contribution in [3.63, 3.8) is 0 Å². The van der Waals surface area contributed by atoms with E-state index in [1.54, 1.807) is 0 Å². The van der Waals surface area contributed by atoms with E-state index in [0.717, 1.165) is 48.7 Å². The summed E-state index contributed by atoms with van der Waals surface area (Å²) < 4.78 is 1.36. The molecule has 1 N–H and O–H groups in total. The molecule has 263 valence electrons. The van der Waals surface area contributed by atoms with Crippen molar-refractivity contribution in [2.75, 3.05) is 0 Å². The number of rotatable bonds is 11. The van der Waals surface area contributed by atoms with E-state index >= 15 is 0 Å². The quantitative estimate of drug-likeness (QED) is 0.0818. The summed E-state index contributed by atoms with van der Waals surface area (Å²) >= 11 is 1.92. The maximum Gasteiger partial charge on any atom is 0.162 e. The van der Waals surface area contributed by atoms with Crippen molar-refractivity contribution < 1.29 is 30.0 Å². The van der Waals surface area contributed by atoms with Crippen molar-refractivity contribution in [1.82, 2.24) is 4.98 Å². The molecule has 0 aliphatic rings. The molecule has 3 nitrogen and oxygen atoms in total. The number of pyridine rings is 1. The van der Waals surface area contributed by atoms with Crippen molar-refractivity contribution in [2.24, 2.45) is 17.8 Å². The molecule has 0 amide bonds. The molecule has 0 saturated carbocycles. The summed E-state index contributed by atoms with van der Waals surface area (Å²) in [5.74, 6) is 1.22. The Balaban J connectivity index is 0.000000347. The largest absolute Gasteiger partial charge is 0.512 e. The molecule has 49 heavy (non-hydrogen) atoms.